The van der Waals surface area contributed by atoms with Gasteiger partial charge >= 0.3 is 0 Å². The van der Waals surface area contributed by atoms with Crippen LogP contribution in [0, 0.1) is 0 Å². The molecule has 7 heteroatoms. The van der Waals surface area contributed by atoms with Crippen LogP contribution in [0.25, 0.3) is 22.4 Å². The SMILES string of the molecule is CCCCNC(=O)CSc1nnc(-c2c[nH]c3ccccc23)o1. The Labute approximate surface area is 138 Å². The molecule has 2 N–H and O–H groups in total. The van der Waals surface area contributed by atoms with Crippen LogP contribution in [-0.2, 0) is 4.79 Å². The van der Waals surface area contributed by atoms with Crippen molar-refractivity contribution in [3.8, 4) is 11.5 Å². The van der Waals surface area contributed by atoms with Gasteiger partial charge in [0.05, 0.1) is 11.3 Å². The van der Waals surface area contributed by atoms with Crippen LogP contribution in [0.3, 0.4) is 0 Å². The number of unbranched alkanes of at least 4 members (excludes halogenated alkanes) is 1. The number of rotatable bonds is 7. The summed E-state index contributed by atoms with van der Waals surface area (Å²) in [6.45, 7) is 2.80. The van der Waals surface area contributed by atoms with Gasteiger partial charge in [-0.2, -0.15) is 0 Å². The number of H-pyrrole nitrogens is 1. The lowest BCUT2D eigenvalue weighted by Gasteiger charge is -2.01. The number of carbonyl (C=O) groups is 1. The highest BCUT2D eigenvalue weighted by molar-refractivity contribution is 7.99. The number of aromatic amines is 1. The van der Waals surface area contributed by atoms with Gasteiger partial charge in [-0.25, -0.2) is 0 Å². The standard InChI is InChI=1S/C16H18N4O2S/c1-2-3-8-17-14(21)10-23-16-20-19-15(22-16)12-9-18-13-7-5-4-6-11(12)13/h4-7,9,18H,2-3,8,10H2,1H3,(H,17,21). The highest BCUT2D eigenvalue weighted by atomic mass is 32.2. The van der Waals surface area contributed by atoms with Gasteiger partial charge in [0.15, 0.2) is 0 Å². The Hall–Kier alpha value is -2.28. The van der Waals surface area contributed by atoms with Crippen LogP contribution in [0.5, 0.6) is 0 Å². The van der Waals surface area contributed by atoms with Gasteiger partial charge in [-0.15, -0.1) is 10.2 Å². The van der Waals surface area contributed by atoms with Crippen LogP contribution >= 0.6 is 11.8 Å². The Morgan fingerprint density at radius 1 is 1.35 bits per heavy atom. The van der Waals surface area contributed by atoms with Crippen molar-refractivity contribution in [2.24, 2.45) is 0 Å². The second-order valence-corrected chi connectivity index (χ2v) is 6.04. The summed E-state index contributed by atoms with van der Waals surface area (Å²) in [6, 6.07) is 7.92. The van der Waals surface area contributed by atoms with Crippen molar-refractivity contribution in [3.05, 3.63) is 30.5 Å². The zero-order valence-corrected chi connectivity index (χ0v) is 13.7. The molecule has 0 aliphatic carbocycles. The summed E-state index contributed by atoms with van der Waals surface area (Å²) >= 11 is 1.25. The van der Waals surface area contributed by atoms with Gasteiger partial charge in [-0.05, 0) is 12.5 Å². The van der Waals surface area contributed by atoms with Gasteiger partial charge < -0.3 is 14.7 Å². The van der Waals surface area contributed by atoms with Crippen LogP contribution in [0.1, 0.15) is 19.8 Å². The summed E-state index contributed by atoms with van der Waals surface area (Å²) in [5.41, 5.74) is 1.89. The summed E-state index contributed by atoms with van der Waals surface area (Å²) in [6.07, 6.45) is 3.90. The molecule has 3 aromatic rings. The van der Waals surface area contributed by atoms with Crippen LogP contribution in [0.4, 0.5) is 0 Å². The monoisotopic (exact) mass is 330 g/mol. The highest BCUT2D eigenvalue weighted by Crippen LogP contribution is 2.29. The maximum atomic E-state index is 11.7. The van der Waals surface area contributed by atoms with Crippen LogP contribution in [0.15, 0.2) is 40.1 Å². The molecule has 0 aliphatic heterocycles. The molecular formula is C16H18N4O2S. The average Bonchev–Trinajstić information content (AvgIpc) is 3.19. The van der Waals surface area contributed by atoms with Crippen molar-refractivity contribution in [1.82, 2.24) is 20.5 Å². The maximum absolute atomic E-state index is 11.7. The summed E-state index contributed by atoms with van der Waals surface area (Å²) in [5.74, 6) is 0.714. The van der Waals surface area contributed by atoms with E-state index in [9.17, 15) is 4.79 Å². The van der Waals surface area contributed by atoms with E-state index in [-0.39, 0.29) is 11.7 Å². The fraction of sp³-hybridized carbons (Fsp3) is 0.312. The first-order chi connectivity index (χ1) is 11.3. The molecule has 23 heavy (non-hydrogen) atoms. The lowest BCUT2D eigenvalue weighted by atomic mass is 10.2. The zero-order valence-electron chi connectivity index (χ0n) is 12.8. The van der Waals surface area contributed by atoms with E-state index in [0.717, 1.165) is 29.3 Å². The molecule has 1 amide bonds. The first kappa shape index (κ1) is 15.6. The Morgan fingerprint density at radius 3 is 3.09 bits per heavy atom. The highest BCUT2D eigenvalue weighted by Gasteiger charge is 2.14. The van der Waals surface area contributed by atoms with E-state index in [0.29, 0.717) is 17.7 Å². The number of hydrogen-bond donors (Lipinski definition) is 2. The fourth-order valence-corrected chi connectivity index (χ4v) is 2.80. The number of carbonyl (C=O) groups excluding carboxylic acids is 1. The molecule has 2 heterocycles. The Balaban J connectivity index is 1.63. The Morgan fingerprint density at radius 2 is 2.22 bits per heavy atom. The molecule has 0 aliphatic rings. The Bertz CT molecular complexity index is 796. The summed E-state index contributed by atoms with van der Waals surface area (Å²) < 4.78 is 5.65. The number of benzene rings is 1. The van der Waals surface area contributed by atoms with Gasteiger partial charge in [-0.1, -0.05) is 43.3 Å². The van der Waals surface area contributed by atoms with E-state index in [1.54, 1.807) is 0 Å². The lowest BCUT2D eigenvalue weighted by Crippen LogP contribution is -2.25. The minimum Gasteiger partial charge on any atom is -0.411 e. The molecule has 0 bridgehead atoms. The molecule has 0 saturated carbocycles. The summed E-state index contributed by atoms with van der Waals surface area (Å²) in [5, 5.41) is 12.4. The number of nitrogens with zero attached hydrogens (tertiary/aromatic N) is 2. The number of para-hydroxylation sites is 1. The van der Waals surface area contributed by atoms with E-state index < -0.39 is 0 Å². The molecule has 0 atom stereocenters. The molecule has 0 fully saturated rings. The Kier molecular flexibility index (Phi) is 4.97. The van der Waals surface area contributed by atoms with Gasteiger partial charge in [0.2, 0.25) is 5.91 Å². The molecule has 1 aromatic carbocycles. The molecule has 0 radical (unpaired) electrons. The molecule has 0 unspecified atom stereocenters. The molecule has 0 spiro atoms. The van der Waals surface area contributed by atoms with Crippen molar-refractivity contribution in [2.45, 2.75) is 25.0 Å². The largest absolute Gasteiger partial charge is 0.411 e. The number of thioether (sulfide) groups is 1. The average molecular weight is 330 g/mol. The topological polar surface area (TPSA) is 83.8 Å². The van der Waals surface area contributed by atoms with E-state index in [4.69, 9.17) is 4.42 Å². The third kappa shape index (κ3) is 3.73. The summed E-state index contributed by atoms with van der Waals surface area (Å²) in [4.78, 5) is 14.9. The smallest absolute Gasteiger partial charge is 0.277 e. The molecule has 6 nitrogen and oxygen atoms in total. The van der Waals surface area contributed by atoms with Gasteiger partial charge in [0.25, 0.3) is 11.1 Å². The van der Waals surface area contributed by atoms with Gasteiger partial charge in [0, 0.05) is 23.6 Å². The first-order valence-corrected chi connectivity index (χ1v) is 8.56. The fourth-order valence-electron chi connectivity index (χ4n) is 2.21. The molecule has 3 rings (SSSR count). The van der Waals surface area contributed by atoms with Crippen LogP contribution in [0.2, 0.25) is 0 Å². The maximum Gasteiger partial charge on any atom is 0.277 e. The third-order valence-electron chi connectivity index (χ3n) is 3.41. The van der Waals surface area contributed by atoms with E-state index in [1.807, 2.05) is 30.5 Å². The zero-order chi connectivity index (χ0) is 16.1. The number of nitrogens with one attached hydrogen (secondary N) is 2. The molecule has 0 saturated heterocycles. The van der Waals surface area contributed by atoms with Gasteiger partial charge in [-0.3, -0.25) is 4.79 Å². The number of aromatic nitrogens is 3. The second kappa shape index (κ2) is 7.32. The van der Waals surface area contributed by atoms with Crippen LogP contribution < -0.4 is 5.32 Å². The number of hydrogen-bond acceptors (Lipinski definition) is 5. The van der Waals surface area contributed by atoms with E-state index >= 15 is 0 Å². The third-order valence-corrected chi connectivity index (χ3v) is 4.22. The van der Waals surface area contributed by atoms with Crippen molar-refractivity contribution in [2.75, 3.05) is 12.3 Å². The minimum absolute atomic E-state index is 0.0182. The predicted molar refractivity (Wildman–Crippen MR) is 90.2 cm³/mol. The molecular weight excluding hydrogens is 312 g/mol. The van der Waals surface area contributed by atoms with Crippen molar-refractivity contribution >= 4 is 28.6 Å². The van der Waals surface area contributed by atoms with Crippen LogP contribution in [-0.4, -0.2) is 33.4 Å². The van der Waals surface area contributed by atoms with Gasteiger partial charge in [0.1, 0.15) is 0 Å². The van der Waals surface area contributed by atoms with Crippen molar-refractivity contribution in [3.63, 3.8) is 0 Å². The normalized spacial score (nSPS) is 11.0. The second-order valence-electron chi connectivity index (χ2n) is 5.11. The quantitative estimate of drug-likeness (QED) is 0.513. The van der Waals surface area contributed by atoms with E-state index in [1.165, 1.54) is 11.8 Å². The predicted octanol–water partition coefficient (Wildman–Crippen LogP) is 3.23. The minimum atomic E-state index is -0.0182. The van der Waals surface area contributed by atoms with Crippen molar-refractivity contribution < 1.29 is 9.21 Å². The number of fused-ring (bicyclic) bond motifs is 1. The lowest BCUT2D eigenvalue weighted by molar-refractivity contribution is -0.118. The van der Waals surface area contributed by atoms with Crippen molar-refractivity contribution in [1.29, 1.82) is 0 Å². The van der Waals surface area contributed by atoms with E-state index in [2.05, 4.69) is 27.4 Å². The molecule has 2 aromatic heterocycles. The number of amides is 1. The summed E-state index contributed by atoms with van der Waals surface area (Å²) in [7, 11) is 0. The molecule has 120 valence electrons. The first-order valence-electron chi connectivity index (χ1n) is 7.57.